The molecule has 2 fully saturated rings. The molecule has 1 unspecified atom stereocenters. The number of hydrogen-bond acceptors (Lipinski definition) is 4. The van der Waals surface area contributed by atoms with E-state index >= 15 is 0 Å². The van der Waals surface area contributed by atoms with Crippen LogP contribution >= 0.6 is 11.8 Å². The summed E-state index contributed by atoms with van der Waals surface area (Å²) in [6, 6.07) is 8.10. The zero-order valence-electron chi connectivity index (χ0n) is 12.2. The van der Waals surface area contributed by atoms with Crippen LogP contribution in [0.15, 0.2) is 29.3 Å². The molecule has 3 nitrogen and oxygen atoms in total. The molecule has 4 heteroatoms. The molecule has 0 N–H and O–H groups in total. The number of para-hydroxylation sites is 1. The van der Waals surface area contributed by atoms with Crippen molar-refractivity contribution in [2.24, 2.45) is 4.99 Å². The molecular formula is C17H21NO2S. The van der Waals surface area contributed by atoms with Gasteiger partial charge in [-0.05, 0) is 37.5 Å². The van der Waals surface area contributed by atoms with Crippen LogP contribution < -0.4 is 4.74 Å². The fraction of sp³-hybridized carbons (Fsp3) is 0.588. The van der Waals surface area contributed by atoms with Gasteiger partial charge < -0.3 is 4.74 Å². The van der Waals surface area contributed by atoms with Crippen LogP contribution in [0.5, 0.6) is 5.75 Å². The van der Waals surface area contributed by atoms with Crippen molar-refractivity contribution in [3.05, 3.63) is 29.8 Å². The molecule has 1 saturated heterocycles. The van der Waals surface area contributed by atoms with Crippen LogP contribution in [0.2, 0.25) is 0 Å². The Morgan fingerprint density at radius 2 is 2.05 bits per heavy atom. The summed E-state index contributed by atoms with van der Waals surface area (Å²) in [7, 11) is 0. The van der Waals surface area contributed by atoms with Crippen molar-refractivity contribution in [1.82, 2.24) is 0 Å². The summed E-state index contributed by atoms with van der Waals surface area (Å²) in [6.07, 6.45) is 8.47. The first-order valence-electron chi connectivity index (χ1n) is 7.77. The van der Waals surface area contributed by atoms with Crippen LogP contribution in [0.3, 0.4) is 0 Å². The Hall–Kier alpha value is -1.25. The van der Waals surface area contributed by atoms with Crippen LogP contribution in [0.25, 0.3) is 0 Å². The van der Waals surface area contributed by atoms with Crippen molar-refractivity contribution >= 4 is 17.8 Å². The second kappa shape index (κ2) is 6.67. The third kappa shape index (κ3) is 3.17. The molecule has 0 aromatic heterocycles. The van der Waals surface area contributed by atoms with E-state index in [9.17, 15) is 4.79 Å². The topological polar surface area (TPSA) is 38.7 Å². The van der Waals surface area contributed by atoms with E-state index in [0.29, 0.717) is 0 Å². The summed E-state index contributed by atoms with van der Waals surface area (Å²) in [5.74, 6) is 3.20. The van der Waals surface area contributed by atoms with Crippen LogP contribution in [-0.2, 0) is 10.3 Å². The summed E-state index contributed by atoms with van der Waals surface area (Å²) < 4.78 is 6.26. The molecule has 1 atom stereocenters. The molecule has 0 spiro atoms. The fourth-order valence-corrected chi connectivity index (χ4v) is 4.46. The predicted molar refractivity (Wildman–Crippen MR) is 85.7 cm³/mol. The number of thioether (sulfide) groups is 1. The van der Waals surface area contributed by atoms with Gasteiger partial charge in [0, 0.05) is 11.3 Å². The maximum atomic E-state index is 10.9. The zero-order valence-corrected chi connectivity index (χ0v) is 13.0. The predicted octanol–water partition coefficient (Wildman–Crippen LogP) is 4.07. The third-order valence-electron chi connectivity index (χ3n) is 4.49. The van der Waals surface area contributed by atoms with Crippen molar-refractivity contribution in [2.45, 2.75) is 50.2 Å². The number of nitrogens with zero attached hydrogens (tertiary/aromatic N) is 1. The number of rotatable bonds is 4. The Kier molecular flexibility index (Phi) is 4.67. The quantitative estimate of drug-likeness (QED) is 0.622. The highest BCUT2D eigenvalue weighted by molar-refractivity contribution is 7.99. The summed E-state index contributed by atoms with van der Waals surface area (Å²) in [5.41, 5.74) is 0.668. The summed E-state index contributed by atoms with van der Waals surface area (Å²) in [5, 5.41) is 0. The number of benzene rings is 1. The maximum Gasteiger partial charge on any atom is 0.235 e. The lowest BCUT2D eigenvalue weighted by Gasteiger charge is -2.29. The minimum absolute atomic E-state index is 0.281. The van der Waals surface area contributed by atoms with Crippen LogP contribution in [0.4, 0.5) is 0 Å². The minimum atomic E-state index is -0.403. The smallest absolute Gasteiger partial charge is 0.235 e. The lowest BCUT2D eigenvalue weighted by Crippen LogP contribution is -2.26. The molecule has 1 aliphatic heterocycles. The molecule has 0 bridgehead atoms. The van der Waals surface area contributed by atoms with E-state index < -0.39 is 5.54 Å². The lowest BCUT2D eigenvalue weighted by molar-refractivity contribution is 0.205. The van der Waals surface area contributed by atoms with E-state index in [1.807, 2.05) is 30.0 Å². The van der Waals surface area contributed by atoms with Crippen LogP contribution in [0, 0.1) is 0 Å². The minimum Gasteiger partial charge on any atom is -0.489 e. The molecule has 0 amide bonds. The van der Waals surface area contributed by atoms with E-state index in [2.05, 4.69) is 11.1 Å². The Morgan fingerprint density at radius 3 is 2.76 bits per heavy atom. The van der Waals surface area contributed by atoms with Gasteiger partial charge in [-0.25, -0.2) is 4.79 Å². The number of carbonyl (C=O) groups excluding carboxylic acids is 1. The van der Waals surface area contributed by atoms with E-state index in [-0.39, 0.29) is 6.10 Å². The van der Waals surface area contributed by atoms with Gasteiger partial charge in [-0.1, -0.05) is 31.0 Å². The Morgan fingerprint density at radius 1 is 1.24 bits per heavy atom. The van der Waals surface area contributed by atoms with Crippen molar-refractivity contribution in [3.63, 3.8) is 0 Å². The summed E-state index contributed by atoms with van der Waals surface area (Å²) >= 11 is 1.96. The highest BCUT2D eigenvalue weighted by atomic mass is 32.2. The van der Waals surface area contributed by atoms with E-state index in [0.717, 1.165) is 49.2 Å². The molecule has 1 heterocycles. The molecule has 1 aromatic carbocycles. The van der Waals surface area contributed by atoms with Gasteiger partial charge in [0.15, 0.2) is 0 Å². The summed E-state index contributed by atoms with van der Waals surface area (Å²) in [4.78, 5) is 15.1. The molecule has 3 rings (SSSR count). The largest absolute Gasteiger partial charge is 0.489 e. The molecule has 1 aliphatic carbocycles. The van der Waals surface area contributed by atoms with Crippen molar-refractivity contribution in [3.8, 4) is 5.75 Å². The van der Waals surface area contributed by atoms with Crippen molar-refractivity contribution < 1.29 is 9.53 Å². The highest BCUT2D eigenvalue weighted by Crippen LogP contribution is 2.46. The van der Waals surface area contributed by atoms with E-state index in [1.165, 1.54) is 12.2 Å². The second-order valence-electron chi connectivity index (χ2n) is 5.89. The fourth-order valence-electron chi connectivity index (χ4n) is 3.43. The van der Waals surface area contributed by atoms with Gasteiger partial charge in [-0.2, -0.15) is 16.8 Å². The molecule has 112 valence electrons. The monoisotopic (exact) mass is 303 g/mol. The first kappa shape index (κ1) is 14.7. The van der Waals surface area contributed by atoms with Gasteiger partial charge in [-0.15, -0.1) is 0 Å². The van der Waals surface area contributed by atoms with Gasteiger partial charge in [0.05, 0.1) is 0 Å². The van der Waals surface area contributed by atoms with Gasteiger partial charge >= 0.3 is 0 Å². The Balaban J connectivity index is 1.89. The standard InChI is InChI=1S/C17H21NO2S/c19-13-18-17(9-3-4-10-17)15-7-1-2-8-16(15)20-14-6-5-11-21-12-14/h1-2,7-8,14H,3-6,9-12H2. The van der Waals surface area contributed by atoms with Crippen molar-refractivity contribution in [2.75, 3.05) is 11.5 Å². The Bertz CT molecular complexity index is 527. The van der Waals surface area contributed by atoms with Gasteiger partial charge in [0.25, 0.3) is 0 Å². The average molecular weight is 303 g/mol. The molecule has 21 heavy (non-hydrogen) atoms. The zero-order chi connectivity index (χ0) is 14.5. The SMILES string of the molecule is O=C=NC1(c2ccccc2OC2CCCSC2)CCCC1. The third-order valence-corrected chi connectivity index (χ3v) is 5.68. The van der Waals surface area contributed by atoms with Crippen molar-refractivity contribution in [1.29, 1.82) is 0 Å². The first-order chi connectivity index (χ1) is 10.3. The molecule has 2 aliphatic rings. The van der Waals surface area contributed by atoms with E-state index in [1.54, 1.807) is 6.08 Å². The first-order valence-corrected chi connectivity index (χ1v) is 8.92. The molecule has 1 saturated carbocycles. The lowest BCUT2D eigenvalue weighted by atomic mass is 9.88. The number of aliphatic imine (C=N–C) groups is 1. The summed E-state index contributed by atoms with van der Waals surface area (Å²) in [6.45, 7) is 0. The van der Waals surface area contributed by atoms with Gasteiger partial charge in [-0.3, -0.25) is 0 Å². The Labute approximate surface area is 130 Å². The molecule has 1 aromatic rings. The van der Waals surface area contributed by atoms with E-state index in [4.69, 9.17) is 4.74 Å². The van der Waals surface area contributed by atoms with Crippen LogP contribution in [0.1, 0.15) is 44.1 Å². The number of isocyanates is 1. The maximum absolute atomic E-state index is 10.9. The number of ether oxygens (including phenoxy) is 1. The highest BCUT2D eigenvalue weighted by Gasteiger charge is 2.38. The number of hydrogen-bond donors (Lipinski definition) is 0. The van der Waals surface area contributed by atoms with Crippen LogP contribution in [-0.4, -0.2) is 23.7 Å². The normalized spacial score (nSPS) is 24.3. The van der Waals surface area contributed by atoms with Gasteiger partial charge in [0.2, 0.25) is 6.08 Å². The second-order valence-corrected chi connectivity index (χ2v) is 7.04. The molecule has 0 radical (unpaired) electrons. The van der Waals surface area contributed by atoms with Gasteiger partial charge in [0.1, 0.15) is 17.4 Å². The average Bonchev–Trinajstić information content (AvgIpc) is 2.99. The molecular weight excluding hydrogens is 282 g/mol.